The molecular formula is C21H26BrN3O. The largest absolute Gasteiger partial charge is 0.322 e. The minimum atomic E-state index is -0.0240. The highest BCUT2D eigenvalue weighted by atomic mass is 79.9. The van der Waals surface area contributed by atoms with Crippen molar-refractivity contribution in [1.82, 2.24) is 9.80 Å². The van der Waals surface area contributed by atoms with Crippen molar-refractivity contribution in [3.63, 3.8) is 0 Å². The van der Waals surface area contributed by atoms with E-state index in [2.05, 4.69) is 64.3 Å². The molecule has 26 heavy (non-hydrogen) atoms. The van der Waals surface area contributed by atoms with Crippen LogP contribution in [0.3, 0.4) is 0 Å². The van der Waals surface area contributed by atoms with Crippen LogP contribution in [-0.2, 0) is 6.54 Å². The van der Waals surface area contributed by atoms with E-state index in [0.717, 1.165) is 42.9 Å². The summed E-state index contributed by atoms with van der Waals surface area (Å²) in [6, 6.07) is 16.6. The van der Waals surface area contributed by atoms with E-state index in [1.165, 1.54) is 11.1 Å². The van der Waals surface area contributed by atoms with Gasteiger partial charge in [0.05, 0.1) is 0 Å². The second kappa shape index (κ2) is 8.69. The van der Waals surface area contributed by atoms with Gasteiger partial charge in [0.2, 0.25) is 0 Å². The minimum Gasteiger partial charge on any atom is -0.322 e. The van der Waals surface area contributed by atoms with Gasteiger partial charge >= 0.3 is 6.03 Å². The zero-order valence-corrected chi connectivity index (χ0v) is 17.0. The summed E-state index contributed by atoms with van der Waals surface area (Å²) in [5.41, 5.74) is 3.53. The van der Waals surface area contributed by atoms with Crippen LogP contribution in [0, 0.1) is 0 Å². The molecule has 1 N–H and O–H groups in total. The first-order valence-electron chi connectivity index (χ1n) is 9.14. The molecule has 1 aliphatic heterocycles. The van der Waals surface area contributed by atoms with Crippen LogP contribution in [0.25, 0.3) is 0 Å². The Bertz CT molecular complexity index is 737. The number of carbonyl (C=O) groups is 1. The quantitative estimate of drug-likeness (QED) is 0.768. The number of piperazine rings is 1. The average Bonchev–Trinajstić information content (AvgIpc) is 2.63. The highest BCUT2D eigenvalue weighted by molar-refractivity contribution is 9.10. The van der Waals surface area contributed by atoms with Crippen LogP contribution in [0.15, 0.2) is 53.0 Å². The Morgan fingerprint density at radius 3 is 2.38 bits per heavy atom. The van der Waals surface area contributed by atoms with Crippen molar-refractivity contribution in [3.05, 3.63) is 64.1 Å². The van der Waals surface area contributed by atoms with Crippen molar-refractivity contribution >= 4 is 27.6 Å². The fourth-order valence-electron chi connectivity index (χ4n) is 3.14. The summed E-state index contributed by atoms with van der Waals surface area (Å²) in [4.78, 5) is 16.7. The first-order valence-corrected chi connectivity index (χ1v) is 9.93. The van der Waals surface area contributed by atoms with Gasteiger partial charge < -0.3 is 10.2 Å². The van der Waals surface area contributed by atoms with Gasteiger partial charge in [0.1, 0.15) is 0 Å². The molecule has 0 bridgehead atoms. The molecule has 0 atom stereocenters. The molecular weight excluding hydrogens is 390 g/mol. The molecule has 0 aromatic heterocycles. The lowest BCUT2D eigenvalue weighted by Crippen LogP contribution is -2.49. The number of urea groups is 1. The van der Waals surface area contributed by atoms with Gasteiger partial charge in [0, 0.05) is 42.9 Å². The van der Waals surface area contributed by atoms with Crippen LogP contribution in [0.2, 0.25) is 0 Å². The Morgan fingerprint density at radius 2 is 1.77 bits per heavy atom. The van der Waals surface area contributed by atoms with Gasteiger partial charge in [-0.25, -0.2) is 4.79 Å². The van der Waals surface area contributed by atoms with Crippen molar-refractivity contribution < 1.29 is 4.79 Å². The predicted molar refractivity (Wildman–Crippen MR) is 111 cm³/mol. The van der Waals surface area contributed by atoms with Gasteiger partial charge in [0.15, 0.2) is 0 Å². The molecule has 138 valence electrons. The molecule has 4 nitrogen and oxygen atoms in total. The lowest BCUT2D eigenvalue weighted by atomic mass is 10.0. The van der Waals surface area contributed by atoms with Crippen LogP contribution in [0.1, 0.15) is 30.9 Å². The number of nitrogens with one attached hydrogen (secondary N) is 1. The van der Waals surface area contributed by atoms with Crippen molar-refractivity contribution in [1.29, 1.82) is 0 Å². The fourth-order valence-corrected chi connectivity index (χ4v) is 3.54. The van der Waals surface area contributed by atoms with Crippen molar-refractivity contribution in [2.75, 3.05) is 31.5 Å². The Morgan fingerprint density at radius 1 is 1.08 bits per heavy atom. The SMILES string of the molecule is CC(C)c1ccc(CN2CCN(C(=O)Nc3cccc(Br)c3)CC2)cc1. The summed E-state index contributed by atoms with van der Waals surface area (Å²) in [6.07, 6.45) is 0. The van der Waals surface area contributed by atoms with E-state index in [1.54, 1.807) is 0 Å². The normalized spacial score (nSPS) is 15.3. The third-order valence-electron chi connectivity index (χ3n) is 4.79. The number of anilines is 1. The van der Waals surface area contributed by atoms with Crippen LogP contribution in [0.5, 0.6) is 0 Å². The highest BCUT2D eigenvalue weighted by Crippen LogP contribution is 2.18. The summed E-state index contributed by atoms with van der Waals surface area (Å²) in [6.45, 7) is 8.68. The molecule has 2 aromatic carbocycles. The van der Waals surface area contributed by atoms with E-state index in [-0.39, 0.29) is 6.03 Å². The van der Waals surface area contributed by atoms with Crippen molar-refractivity contribution in [2.24, 2.45) is 0 Å². The molecule has 1 heterocycles. The van der Waals surface area contributed by atoms with Gasteiger partial charge in [-0.2, -0.15) is 0 Å². The Kier molecular flexibility index (Phi) is 6.33. The van der Waals surface area contributed by atoms with Gasteiger partial charge in [-0.3, -0.25) is 4.90 Å². The molecule has 0 spiro atoms. The van der Waals surface area contributed by atoms with E-state index in [4.69, 9.17) is 0 Å². The fraction of sp³-hybridized carbons (Fsp3) is 0.381. The summed E-state index contributed by atoms with van der Waals surface area (Å²) in [5, 5.41) is 2.97. The molecule has 0 unspecified atom stereocenters. The molecule has 0 saturated carbocycles. The number of benzene rings is 2. The highest BCUT2D eigenvalue weighted by Gasteiger charge is 2.21. The average molecular weight is 416 g/mol. The predicted octanol–water partition coefficient (Wildman–Crippen LogP) is 4.92. The maximum absolute atomic E-state index is 12.4. The Hall–Kier alpha value is -1.85. The number of hydrogen-bond acceptors (Lipinski definition) is 2. The molecule has 5 heteroatoms. The number of carbonyl (C=O) groups excluding carboxylic acids is 1. The molecule has 0 aliphatic carbocycles. The zero-order chi connectivity index (χ0) is 18.5. The summed E-state index contributed by atoms with van der Waals surface area (Å²) >= 11 is 3.43. The Balaban J connectivity index is 1.48. The third-order valence-corrected chi connectivity index (χ3v) is 5.28. The van der Waals surface area contributed by atoms with E-state index >= 15 is 0 Å². The molecule has 3 rings (SSSR count). The van der Waals surface area contributed by atoms with E-state index < -0.39 is 0 Å². The van der Waals surface area contributed by atoms with E-state index in [1.807, 2.05) is 29.2 Å². The smallest absolute Gasteiger partial charge is 0.321 e. The van der Waals surface area contributed by atoms with Gasteiger partial charge in [-0.05, 0) is 35.2 Å². The summed E-state index contributed by atoms with van der Waals surface area (Å²) in [7, 11) is 0. The first kappa shape index (κ1) is 18.9. The monoisotopic (exact) mass is 415 g/mol. The summed E-state index contributed by atoms with van der Waals surface area (Å²) in [5.74, 6) is 0.566. The number of hydrogen-bond donors (Lipinski definition) is 1. The number of nitrogens with zero attached hydrogens (tertiary/aromatic N) is 2. The maximum atomic E-state index is 12.4. The summed E-state index contributed by atoms with van der Waals surface area (Å²) < 4.78 is 0.962. The number of rotatable bonds is 4. The van der Waals surface area contributed by atoms with Crippen LogP contribution >= 0.6 is 15.9 Å². The Labute approximate surface area is 164 Å². The van der Waals surface area contributed by atoms with Crippen LogP contribution in [0.4, 0.5) is 10.5 Å². The van der Waals surface area contributed by atoms with Crippen LogP contribution < -0.4 is 5.32 Å². The molecule has 1 saturated heterocycles. The molecule has 2 amide bonds. The second-order valence-electron chi connectivity index (χ2n) is 7.10. The van der Waals surface area contributed by atoms with E-state index in [0.29, 0.717) is 5.92 Å². The number of amides is 2. The topological polar surface area (TPSA) is 35.6 Å². The maximum Gasteiger partial charge on any atom is 0.321 e. The van der Waals surface area contributed by atoms with Crippen molar-refractivity contribution in [3.8, 4) is 0 Å². The standard InChI is InChI=1S/C21H26BrN3O/c1-16(2)18-8-6-17(7-9-18)15-24-10-12-25(13-11-24)21(26)23-20-5-3-4-19(22)14-20/h3-9,14,16H,10-13,15H2,1-2H3,(H,23,26). The molecule has 0 radical (unpaired) electrons. The zero-order valence-electron chi connectivity index (χ0n) is 15.4. The third kappa shape index (κ3) is 5.08. The lowest BCUT2D eigenvalue weighted by Gasteiger charge is -2.34. The van der Waals surface area contributed by atoms with Crippen LogP contribution in [-0.4, -0.2) is 42.0 Å². The van der Waals surface area contributed by atoms with Gasteiger partial charge in [0.25, 0.3) is 0 Å². The number of halogens is 1. The molecule has 1 aliphatic rings. The van der Waals surface area contributed by atoms with Gasteiger partial charge in [-0.15, -0.1) is 0 Å². The minimum absolute atomic E-state index is 0.0240. The first-order chi connectivity index (χ1) is 12.5. The lowest BCUT2D eigenvalue weighted by molar-refractivity contribution is 0.143. The molecule has 2 aromatic rings. The second-order valence-corrected chi connectivity index (χ2v) is 8.02. The van der Waals surface area contributed by atoms with Gasteiger partial charge in [-0.1, -0.05) is 60.1 Å². The van der Waals surface area contributed by atoms with Crippen molar-refractivity contribution in [2.45, 2.75) is 26.3 Å². The molecule has 1 fully saturated rings. The van der Waals surface area contributed by atoms with E-state index in [9.17, 15) is 4.79 Å².